The van der Waals surface area contributed by atoms with Gasteiger partial charge in [-0.05, 0) is 62.9 Å². The first-order chi connectivity index (χ1) is 15.9. The number of carbonyl (C=O) groups excluding carboxylic acids is 2. The predicted molar refractivity (Wildman–Crippen MR) is 124 cm³/mol. The van der Waals surface area contributed by atoms with Crippen LogP contribution < -0.4 is 10.6 Å². The van der Waals surface area contributed by atoms with Crippen LogP contribution >= 0.6 is 0 Å². The van der Waals surface area contributed by atoms with Gasteiger partial charge in [0.1, 0.15) is 11.9 Å². The molecule has 0 fully saturated rings. The first-order valence-corrected chi connectivity index (χ1v) is 10.9. The van der Waals surface area contributed by atoms with Crippen LogP contribution in [0.15, 0.2) is 22.7 Å². The molecule has 0 saturated carbocycles. The number of halogens is 1. The van der Waals surface area contributed by atoms with E-state index in [1.54, 1.807) is 39.3 Å². The molecule has 2 amide bonds. The van der Waals surface area contributed by atoms with Crippen LogP contribution in [0, 0.1) is 39.4 Å². The monoisotopic (exact) mass is 471 g/mol. The molecule has 3 rings (SSSR count). The van der Waals surface area contributed by atoms with Crippen molar-refractivity contribution in [2.45, 2.75) is 53.7 Å². The van der Waals surface area contributed by atoms with Crippen molar-refractivity contribution in [2.75, 3.05) is 5.32 Å². The number of carbonyl (C=O) groups is 2. The number of nitrogens with zero attached hydrogens (tertiary/aromatic N) is 3. The highest BCUT2D eigenvalue weighted by molar-refractivity contribution is 6.06. The number of aromatic nitrogens is 3. The van der Waals surface area contributed by atoms with Gasteiger partial charge in [-0.1, -0.05) is 19.0 Å². The topological polar surface area (TPSA) is 122 Å². The summed E-state index contributed by atoms with van der Waals surface area (Å²) in [5.41, 5.74) is 2.51. The molecule has 0 radical (unpaired) electrons. The van der Waals surface area contributed by atoms with E-state index in [2.05, 4.69) is 20.8 Å². The fraction of sp³-hybridized carbons (Fsp3) is 0.417. The van der Waals surface area contributed by atoms with Gasteiger partial charge in [-0.25, -0.2) is 4.39 Å². The molecule has 3 N–H and O–H groups in total. The number of hydrogen-bond donors (Lipinski definition) is 3. The average molecular weight is 472 g/mol. The lowest BCUT2D eigenvalue weighted by Crippen LogP contribution is -2.36. The minimum Gasteiger partial charge on any atom is -0.377 e. The van der Waals surface area contributed by atoms with Crippen molar-refractivity contribution < 1.29 is 23.6 Å². The molecule has 34 heavy (non-hydrogen) atoms. The number of hydrogen-bond acceptors (Lipinski definition) is 6. The summed E-state index contributed by atoms with van der Waals surface area (Å²) in [7, 11) is 1.67. The van der Waals surface area contributed by atoms with E-state index < -0.39 is 24.0 Å². The molecule has 0 aliphatic rings. The predicted octanol–water partition coefficient (Wildman–Crippen LogP) is 3.58. The van der Waals surface area contributed by atoms with Crippen molar-refractivity contribution in [3.05, 3.63) is 63.8 Å². The van der Waals surface area contributed by atoms with E-state index in [0.717, 1.165) is 0 Å². The lowest BCUT2D eigenvalue weighted by molar-refractivity contribution is -0.131. The summed E-state index contributed by atoms with van der Waals surface area (Å²) in [6.07, 6.45) is -1.54. The highest BCUT2D eigenvalue weighted by atomic mass is 19.1. The largest absolute Gasteiger partial charge is 0.377 e. The summed E-state index contributed by atoms with van der Waals surface area (Å²) in [4.78, 5) is 30.2. The lowest BCUT2D eigenvalue weighted by Gasteiger charge is -2.21. The van der Waals surface area contributed by atoms with E-state index in [-0.39, 0.29) is 17.6 Å². The molecule has 0 spiro atoms. The van der Waals surface area contributed by atoms with Gasteiger partial charge >= 0.3 is 0 Å². The van der Waals surface area contributed by atoms with Gasteiger partial charge in [-0.3, -0.25) is 9.59 Å². The van der Waals surface area contributed by atoms with Crippen LogP contribution in [0.2, 0.25) is 0 Å². The third-order valence-corrected chi connectivity index (χ3v) is 5.91. The van der Waals surface area contributed by atoms with Gasteiger partial charge in [0.15, 0.2) is 11.9 Å². The molecular weight excluding hydrogens is 441 g/mol. The molecule has 0 bridgehead atoms. The van der Waals surface area contributed by atoms with E-state index >= 15 is 0 Å². The van der Waals surface area contributed by atoms with Crippen LogP contribution in [-0.2, 0) is 11.8 Å². The minimum atomic E-state index is -1.54. The number of nitrogens with one attached hydrogen (secondary N) is 2. The molecule has 9 nitrogen and oxygen atoms in total. The summed E-state index contributed by atoms with van der Waals surface area (Å²) in [5, 5.41) is 20.2. The Hall–Kier alpha value is -3.53. The van der Waals surface area contributed by atoms with Gasteiger partial charge in [0.25, 0.3) is 11.8 Å². The summed E-state index contributed by atoms with van der Waals surface area (Å²) in [5.74, 6) is -0.820. The molecule has 0 saturated heterocycles. The van der Waals surface area contributed by atoms with E-state index in [9.17, 15) is 19.1 Å². The van der Waals surface area contributed by atoms with Crippen LogP contribution in [0.25, 0.3) is 0 Å². The van der Waals surface area contributed by atoms with Gasteiger partial charge in [0.2, 0.25) is 5.89 Å². The zero-order valence-corrected chi connectivity index (χ0v) is 20.4. The Morgan fingerprint density at radius 2 is 1.85 bits per heavy atom. The van der Waals surface area contributed by atoms with E-state index in [1.807, 2.05) is 13.8 Å². The van der Waals surface area contributed by atoms with Crippen LogP contribution in [0.5, 0.6) is 0 Å². The Morgan fingerprint density at radius 1 is 1.18 bits per heavy atom. The third kappa shape index (κ3) is 4.86. The molecule has 2 aromatic heterocycles. The molecule has 0 aliphatic carbocycles. The number of anilines is 1. The van der Waals surface area contributed by atoms with Crippen molar-refractivity contribution in [3.8, 4) is 0 Å². The number of benzene rings is 1. The summed E-state index contributed by atoms with van der Waals surface area (Å²) in [6, 6.07) is 3.71. The van der Waals surface area contributed by atoms with Crippen LogP contribution in [0.4, 0.5) is 10.1 Å². The summed E-state index contributed by atoms with van der Waals surface area (Å²) < 4.78 is 20.4. The summed E-state index contributed by atoms with van der Waals surface area (Å²) >= 11 is 0. The number of aryl methyl sites for hydroxylation is 2. The first kappa shape index (κ1) is 25.1. The maximum Gasteiger partial charge on any atom is 0.257 e. The van der Waals surface area contributed by atoms with E-state index in [0.29, 0.717) is 39.6 Å². The van der Waals surface area contributed by atoms with Crippen molar-refractivity contribution in [2.24, 2.45) is 13.0 Å². The molecular formula is C24H30FN5O4. The number of aliphatic hydroxyl groups is 1. The molecule has 1 unspecified atom stereocenters. The Kier molecular flexibility index (Phi) is 7.21. The molecule has 1 aromatic carbocycles. The lowest BCUT2D eigenvalue weighted by atomic mass is 10.0. The zero-order valence-electron chi connectivity index (χ0n) is 20.4. The Morgan fingerprint density at radius 3 is 2.41 bits per heavy atom. The number of rotatable bonds is 7. The van der Waals surface area contributed by atoms with Gasteiger partial charge in [0, 0.05) is 18.4 Å². The fourth-order valence-corrected chi connectivity index (χ4v) is 3.95. The molecule has 3 aromatic rings. The third-order valence-electron chi connectivity index (χ3n) is 5.91. The second kappa shape index (κ2) is 9.76. The van der Waals surface area contributed by atoms with Gasteiger partial charge in [0.05, 0.1) is 11.3 Å². The quantitative estimate of drug-likeness (QED) is 0.484. The SMILES string of the molecule is Cc1noc([C@H](NC(=O)C(O)c2c(C)c(C(=O)Nc3ccc(F)c(C)c3)c(C)n2C)C(C)C)n1. The zero-order chi connectivity index (χ0) is 25.3. The van der Waals surface area contributed by atoms with Crippen molar-refractivity contribution >= 4 is 17.5 Å². The maximum atomic E-state index is 13.6. The minimum absolute atomic E-state index is 0.0762. The molecule has 0 aliphatic heterocycles. The normalized spacial score (nSPS) is 13.1. The second-order valence-corrected chi connectivity index (χ2v) is 8.76. The molecule has 2 atom stereocenters. The Labute approximate surface area is 197 Å². The van der Waals surface area contributed by atoms with Crippen LogP contribution in [0.3, 0.4) is 0 Å². The first-order valence-electron chi connectivity index (χ1n) is 10.9. The van der Waals surface area contributed by atoms with Gasteiger partial charge in [-0.15, -0.1) is 0 Å². The van der Waals surface area contributed by atoms with E-state index in [1.165, 1.54) is 18.2 Å². The Balaban J connectivity index is 1.86. The molecule has 10 heteroatoms. The van der Waals surface area contributed by atoms with Crippen LogP contribution in [0.1, 0.15) is 70.6 Å². The molecule has 2 heterocycles. The van der Waals surface area contributed by atoms with E-state index in [4.69, 9.17) is 4.52 Å². The Bertz CT molecular complexity index is 1230. The number of aliphatic hydroxyl groups excluding tert-OH is 1. The fourth-order valence-electron chi connectivity index (χ4n) is 3.95. The smallest absolute Gasteiger partial charge is 0.257 e. The standard InChI is InChI=1S/C24H30FN5O4/c1-11(2)19(24-26-15(6)29-34-24)28-23(33)21(31)20-13(4)18(14(5)30(20)7)22(32)27-16-8-9-17(25)12(3)10-16/h8-11,19,21,31H,1-7H3,(H,27,32)(H,28,33)/t19-,21?/m1/s1. The number of amides is 2. The average Bonchev–Trinajstić information content (AvgIpc) is 3.28. The van der Waals surface area contributed by atoms with Crippen molar-refractivity contribution in [1.82, 2.24) is 20.0 Å². The molecule has 182 valence electrons. The second-order valence-electron chi connectivity index (χ2n) is 8.76. The van der Waals surface area contributed by atoms with Gasteiger partial charge < -0.3 is 24.8 Å². The van der Waals surface area contributed by atoms with Crippen molar-refractivity contribution in [1.29, 1.82) is 0 Å². The summed E-state index contributed by atoms with van der Waals surface area (Å²) in [6.45, 7) is 10.5. The highest BCUT2D eigenvalue weighted by Crippen LogP contribution is 2.29. The van der Waals surface area contributed by atoms with Gasteiger partial charge in [-0.2, -0.15) is 4.98 Å². The van der Waals surface area contributed by atoms with Crippen LogP contribution in [-0.4, -0.2) is 31.6 Å². The van der Waals surface area contributed by atoms with Crippen molar-refractivity contribution in [3.63, 3.8) is 0 Å². The maximum absolute atomic E-state index is 13.6. The highest BCUT2D eigenvalue weighted by Gasteiger charge is 2.32.